The van der Waals surface area contributed by atoms with Crippen LogP contribution in [0.4, 0.5) is 24.7 Å². The van der Waals surface area contributed by atoms with Crippen LogP contribution in [-0.4, -0.2) is 32.2 Å². The molecule has 0 amide bonds. The first-order chi connectivity index (χ1) is 16.9. The number of halogens is 3. The molecule has 0 fully saturated rings. The van der Waals surface area contributed by atoms with E-state index < -0.39 is 23.4 Å². The van der Waals surface area contributed by atoms with Gasteiger partial charge in [-0.25, -0.2) is 15.0 Å². The fraction of sp³-hybridized carbons (Fsp3) is 0.308. The first-order valence-electron chi connectivity index (χ1n) is 11.2. The first-order valence-corrected chi connectivity index (χ1v) is 11.2. The Kier molecular flexibility index (Phi) is 6.68. The molecule has 4 heterocycles. The molecule has 7 nitrogen and oxygen atoms in total. The zero-order valence-corrected chi connectivity index (χ0v) is 20.5. The number of alkyl halides is 3. The number of ether oxygens (including phenoxy) is 1. The Morgan fingerprint density at radius 2 is 1.75 bits per heavy atom. The Hall–Kier alpha value is -3.63. The molecule has 1 unspecified atom stereocenters. The van der Waals surface area contributed by atoms with Crippen LogP contribution in [-0.2, 0) is 16.5 Å². The van der Waals surface area contributed by atoms with Crippen LogP contribution < -0.4 is 5.32 Å². The molecule has 0 aliphatic carbocycles. The van der Waals surface area contributed by atoms with Crippen molar-refractivity contribution in [3.63, 3.8) is 0 Å². The van der Waals surface area contributed by atoms with E-state index in [-0.39, 0.29) is 17.0 Å². The van der Waals surface area contributed by atoms with Crippen molar-refractivity contribution in [2.24, 2.45) is 0 Å². The second-order valence-electron chi connectivity index (χ2n) is 9.00. The van der Waals surface area contributed by atoms with E-state index in [1.165, 1.54) is 19.2 Å². The van der Waals surface area contributed by atoms with Crippen molar-refractivity contribution < 1.29 is 23.0 Å². The molecule has 0 radical (unpaired) electrons. The van der Waals surface area contributed by atoms with Gasteiger partial charge in [0.1, 0.15) is 11.5 Å². The maximum Gasteiger partial charge on any atom is 0.418 e. The second-order valence-corrected chi connectivity index (χ2v) is 9.00. The van der Waals surface area contributed by atoms with E-state index >= 15 is 0 Å². The molecule has 10 heteroatoms. The Bertz CT molecular complexity index is 1400. The third-order valence-corrected chi connectivity index (χ3v) is 5.78. The van der Waals surface area contributed by atoms with E-state index in [0.717, 1.165) is 6.07 Å². The molecule has 1 atom stereocenters. The molecule has 36 heavy (non-hydrogen) atoms. The largest absolute Gasteiger partial charge is 0.418 e. The maximum absolute atomic E-state index is 13.7. The van der Waals surface area contributed by atoms with Gasteiger partial charge in [-0.3, -0.25) is 4.98 Å². The lowest BCUT2D eigenvalue weighted by Crippen LogP contribution is -2.15. The fourth-order valence-corrected chi connectivity index (χ4v) is 3.64. The molecule has 4 rings (SSSR count). The van der Waals surface area contributed by atoms with Crippen molar-refractivity contribution in [3.05, 3.63) is 71.2 Å². The average molecular weight is 498 g/mol. The summed E-state index contributed by atoms with van der Waals surface area (Å²) in [4.78, 5) is 17.5. The van der Waals surface area contributed by atoms with Gasteiger partial charge in [0.2, 0.25) is 0 Å². The highest BCUT2D eigenvalue weighted by atomic mass is 19.4. The van der Waals surface area contributed by atoms with Crippen LogP contribution in [0.25, 0.3) is 22.4 Å². The van der Waals surface area contributed by atoms with Crippen molar-refractivity contribution in [2.45, 2.75) is 45.6 Å². The van der Waals surface area contributed by atoms with Crippen molar-refractivity contribution in [3.8, 4) is 11.4 Å². The predicted octanol–water partition coefficient (Wildman–Crippen LogP) is 6.09. The van der Waals surface area contributed by atoms with Crippen LogP contribution in [0, 0.1) is 6.92 Å². The van der Waals surface area contributed by atoms with E-state index in [9.17, 15) is 18.3 Å². The van der Waals surface area contributed by atoms with E-state index in [2.05, 4.69) is 25.3 Å². The van der Waals surface area contributed by atoms with Crippen LogP contribution >= 0.6 is 0 Å². The van der Waals surface area contributed by atoms with Gasteiger partial charge in [0.15, 0.2) is 5.65 Å². The highest BCUT2D eigenvalue weighted by Gasteiger charge is 2.35. The van der Waals surface area contributed by atoms with Gasteiger partial charge in [-0.15, -0.1) is 0 Å². The SMILES string of the molecule is COC(C)c1cc(Nc2ccc(C(C)(C)O)cn2)c2ccc(-c3nc(C)ccc3C(F)(F)F)nc2n1. The number of aromatic nitrogens is 4. The van der Waals surface area contributed by atoms with Crippen LogP contribution in [0.2, 0.25) is 0 Å². The Morgan fingerprint density at radius 1 is 1.00 bits per heavy atom. The van der Waals surface area contributed by atoms with Crippen LogP contribution in [0.5, 0.6) is 0 Å². The van der Waals surface area contributed by atoms with E-state index in [4.69, 9.17) is 4.74 Å². The Morgan fingerprint density at radius 3 is 2.36 bits per heavy atom. The smallest absolute Gasteiger partial charge is 0.386 e. The fourth-order valence-electron chi connectivity index (χ4n) is 3.64. The lowest BCUT2D eigenvalue weighted by atomic mass is 10.0. The summed E-state index contributed by atoms with van der Waals surface area (Å²) in [7, 11) is 1.54. The molecule has 0 bridgehead atoms. The third-order valence-electron chi connectivity index (χ3n) is 5.78. The van der Waals surface area contributed by atoms with Crippen molar-refractivity contribution in [1.82, 2.24) is 19.9 Å². The summed E-state index contributed by atoms with van der Waals surface area (Å²) >= 11 is 0. The summed E-state index contributed by atoms with van der Waals surface area (Å²) in [5.41, 5.74) is 0.387. The Labute approximate surface area is 206 Å². The van der Waals surface area contributed by atoms with Gasteiger partial charge in [0, 0.05) is 30.0 Å². The number of fused-ring (bicyclic) bond motifs is 1. The van der Waals surface area contributed by atoms with Gasteiger partial charge in [0.05, 0.1) is 34.3 Å². The van der Waals surface area contributed by atoms with Gasteiger partial charge in [-0.1, -0.05) is 6.07 Å². The van der Waals surface area contributed by atoms with Crippen LogP contribution in [0.15, 0.2) is 48.7 Å². The number of methoxy groups -OCH3 is 1. The number of hydrogen-bond donors (Lipinski definition) is 2. The standard InChI is InChI=1S/C26H26F3N5O2/c1-14-6-9-18(26(27,28)29)23(31-14)19-10-8-17-21(12-20(15(2)36-5)34-24(17)33-19)32-22-11-7-16(13-30-22)25(3,4)35/h6-13,15,35H,1-5H3,(H,30,32,33,34). The summed E-state index contributed by atoms with van der Waals surface area (Å²) in [6, 6.07) is 10.8. The number of pyridine rings is 4. The molecular formula is C26H26F3N5O2. The third kappa shape index (κ3) is 5.29. The molecule has 0 saturated carbocycles. The molecule has 4 aromatic heterocycles. The van der Waals surface area contributed by atoms with E-state index in [0.29, 0.717) is 33.8 Å². The normalized spacial score (nSPS) is 13.1. The molecule has 0 aromatic carbocycles. The number of nitrogens with one attached hydrogen (secondary N) is 1. The van der Waals surface area contributed by atoms with Gasteiger partial charge in [-0.05, 0) is 64.1 Å². The molecular weight excluding hydrogens is 471 g/mol. The zero-order valence-electron chi connectivity index (χ0n) is 20.5. The van der Waals surface area contributed by atoms with Gasteiger partial charge >= 0.3 is 6.18 Å². The monoisotopic (exact) mass is 497 g/mol. The summed E-state index contributed by atoms with van der Waals surface area (Å²) in [5.74, 6) is 0.510. The summed E-state index contributed by atoms with van der Waals surface area (Å²) in [6.45, 7) is 6.77. The molecule has 4 aromatic rings. The lowest BCUT2D eigenvalue weighted by molar-refractivity contribution is -0.137. The zero-order chi connectivity index (χ0) is 26.3. The topological polar surface area (TPSA) is 93.0 Å². The number of aryl methyl sites for hydroxylation is 1. The van der Waals surface area contributed by atoms with Crippen molar-refractivity contribution in [1.29, 1.82) is 0 Å². The Balaban J connectivity index is 1.84. The second kappa shape index (κ2) is 9.44. The molecule has 0 aliphatic rings. The van der Waals surface area contributed by atoms with Crippen molar-refractivity contribution >= 4 is 22.5 Å². The molecule has 2 N–H and O–H groups in total. The minimum absolute atomic E-state index is 0.0619. The van der Waals surface area contributed by atoms with E-state index in [1.54, 1.807) is 51.2 Å². The van der Waals surface area contributed by atoms with Gasteiger partial charge < -0.3 is 15.2 Å². The van der Waals surface area contributed by atoms with Crippen LogP contribution in [0.1, 0.15) is 49.4 Å². The number of anilines is 2. The minimum atomic E-state index is -4.58. The maximum atomic E-state index is 13.7. The van der Waals surface area contributed by atoms with Crippen molar-refractivity contribution in [2.75, 3.05) is 12.4 Å². The molecule has 0 saturated heterocycles. The molecule has 188 valence electrons. The number of nitrogens with zero attached hydrogens (tertiary/aromatic N) is 4. The summed E-state index contributed by atoms with van der Waals surface area (Å²) < 4.78 is 46.4. The predicted molar refractivity (Wildman–Crippen MR) is 131 cm³/mol. The molecule has 0 spiro atoms. The average Bonchev–Trinajstić information content (AvgIpc) is 2.82. The number of aliphatic hydroxyl groups is 1. The molecule has 0 aliphatic heterocycles. The first kappa shape index (κ1) is 25.5. The lowest BCUT2D eigenvalue weighted by Gasteiger charge is -2.18. The summed E-state index contributed by atoms with van der Waals surface area (Å²) in [5, 5.41) is 14.0. The van der Waals surface area contributed by atoms with Gasteiger partial charge in [0.25, 0.3) is 0 Å². The highest BCUT2D eigenvalue weighted by Crippen LogP contribution is 2.37. The summed E-state index contributed by atoms with van der Waals surface area (Å²) in [6.07, 6.45) is -3.41. The number of hydrogen-bond acceptors (Lipinski definition) is 7. The minimum Gasteiger partial charge on any atom is -0.386 e. The van der Waals surface area contributed by atoms with E-state index in [1.807, 2.05) is 6.92 Å². The van der Waals surface area contributed by atoms with Crippen LogP contribution in [0.3, 0.4) is 0 Å². The quantitative estimate of drug-likeness (QED) is 0.333. The number of rotatable bonds is 6. The highest BCUT2D eigenvalue weighted by molar-refractivity contribution is 5.92. The van der Waals surface area contributed by atoms with Gasteiger partial charge in [-0.2, -0.15) is 13.2 Å².